The van der Waals surface area contributed by atoms with E-state index in [1.807, 2.05) is 0 Å². The van der Waals surface area contributed by atoms with Crippen molar-refractivity contribution in [3.05, 3.63) is 52.0 Å². The minimum Gasteiger partial charge on any atom is -0.369 e. The zero-order valence-electron chi connectivity index (χ0n) is 18.7. The van der Waals surface area contributed by atoms with Gasteiger partial charge in [-0.05, 0) is 74.2 Å². The Morgan fingerprint density at radius 1 is 1.03 bits per heavy atom. The summed E-state index contributed by atoms with van der Waals surface area (Å²) in [7, 11) is -6.00. The molecule has 0 bridgehead atoms. The molecule has 2 aromatic carbocycles. The van der Waals surface area contributed by atoms with E-state index in [1.165, 1.54) is 34.5 Å². The lowest BCUT2D eigenvalue weighted by Crippen LogP contribution is -2.45. The number of halogens is 1. The zero-order valence-corrected chi connectivity index (χ0v) is 21.1. The molecule has 4 rings (SSSR count). The van der Waals surface area contributed by atoms with Crippen LogP contribution in [0.15, 0.2) is 40.1 Å². The number of piperazine rings is 1. The third-order valence-corrected chi connectivity index (χ3v) is 9.43. The molecule has 1 aliphatic carbocycles. The summed E-state index contributed by atoms with van der Waals surface area (Å²) in [5.41, 5.74) is 4.89. The lowest BCUT2D eigenvalue weighted by atomic mass is 9.84. The van der Waals surface area contributed by atoms with Crippen LogP contribution in [0.3, 0.4) is 0 Å². The lowest BCUT2D eigenvalue weighted by Gasteiger charge is -2.37. The van der Waals surface area contributed by atoms with Gasteiger partial charge < -0.3 is 9.80 Å². The molecule has 0 saturated carbocycles. The van der Waals surface area contributed by atoms with Crippen LogP contribution in [0.5, 0.6) is 0 Å². The first kappa shape index (κ1) is 24.4. The summed E-state index contributed by atoms with van der Waals surface area (Å²) < 4.78 is 52.5. The maximum Gasteiger partial charge on any atom is 0.240 e. The average molecular weight is 513 g/mol. The van der Waals surface area contributed by atoms with Gasteiger partial charge in [-0.15, -0.1) is 0 Å². The first-order chi connectivity index (χ1) is 15.5. The smallest absolute Gasteiger partial charge is 0.240 e. The second-order valence-corrected chi connectivity index (χ2v) is 12.5. The molecule has 2 aromatic rings. The molecule has 0 radical (unpaired) electrons. The molecule has 0 amide bonds. The Morgan fingerprint density at radius 3 is 2.39 bits per heavy atom. The van der Waals surface area contributed by atoms with Crippen LogP contribution < -0.4 is 14.8 Å². The Morgan fingerprint density at radius 2 is 1.73 bits per heavy atom. The lowest BCUT2D eigenvalue weighted by molar-refractivity contribution is 0.312. The standard InChI is InChI=1S/C22H29ClN4O4S2/c1-15-3-8-21(27-11-9-26(2)10-12-27)19-13-16(4-6-18(15)19)25-33(30,31)17-5-7-20(23)22(14-17)32(24,28)29/h3,5,7-8,14,16,25H,4,6,9-13H2,1-2H3,(H2,24,28,29)/t16-/m1/s1. The summed E-state index contributed by atoms with van der Waals surface area (Å²) in [5, 5.41) is 5.07. The van der Waals surface area contributed by atoms with Crippen molar-refractivity contribution in [1.29, 1.82) is 0 Å². The van der Waals surface area contributed by atoms with E-state index in [0.29, 0.717) is 12.8 Å². The van der Waals surface area contributed by atoms with Crippen LogP contribution >= 0.6 is 11.6 Å². The van der Waals surface area contributed by atoms with Gasteiger partial charge in [0.2, 0.25) is 20.0 Å². The molecule has 1 aliphatic heterocycles. The number of primary sulfonamides is 1. The van der Waals surface area contributed by atoms with Crippen LogP contribution in [0.4, 0.5) is 5.69 Å². The predicted octanol–water partition coefficient (Wildman–Crippen LogP) is 1.88. The van der Waals surface area contributed by atoms with Crippen molar-refractivity contribution in [2.45, 2.75) is 42.0 Å². The first-order valence-electron chi connectivity index (χ1n) is 10.9. The topological polar surface area (TPSA) is 113 Å². The molecule has 180 valence electrons. The summed E-state index contributed by atoms with van der Waals surface area (Å²) >= 11 is 5.91. The highest BCUT2D eigenvalue weighted by Gasteiger charge is 2.29. The van der Waals surface area contributed by atoms with Gasteiger partial charge in [0.05, 0.1) is 9.92 Å². The van der Waals surface area contributed by atoms with E-state index in [1.54, 1.807) is 0 Å². The van der Waals surface area contributed by atoms with Crippen molar-refractivity contribution in [3.63, 3.8) is 0 Å². The van der Waals surface area contributed by atoms with Crippen LogP contribution in [0.2, 0.25) is 5.02 Å². The third-order valence-electron chi connectivity index (χ3n) is 6.52. The number of nitrogens with one attached hydrogen (secondary N) is 1. The van der Waals surface area contributed by atoms with Crippen LogP contribution in [0.1, 0.15) is 23.1 Å². The highest BCUT2D eigenvalue weighted by atomic mass is 35.5. The van der Waals surface area contributed by atoms with Crippen molar-refractivity contribution in [1.82, 2.24) is 9.62 Å². The number of rotatable bonds is 5. The predicted molar refractivity (Wildman–Crippen MR) is 130 cm³/mol. The average Bonchev–Trinajstić information content (AvgIpc) is 2.74. The molecule has 2 aliphatic rings. The molecule has 33 heavy (non-hydrogen) atoms. The summed E-state index contributed by atoms with van der Waals surface area (Å²) in [5.74, 6) is 0. The number of nitrogens with two attached hydrogens (primary N) is 1. The number of aryl methyl sites for hydroxylation is 1. The minimum absolute atomic E-state index is 0.115. The molecule has 8 nitrogen and oxygen atoms in total. The highest BCUT2D eigenvalue weighted by Crippen LogP contribution is 2.34. The van der Waals surface area contributed by atoms with Crippen LogP contribution in [0.25, 0.3) is 0 Å². The van der Waals surface area contributed by atoms with E-state index in [-0.39, 0.29) is 16.0 Å². The number of sulfonamides is 2. The SMILES string of the molecule is Cc1ccc(N2CCN(C)CC2)c2c1CC[C@@H](NS(=O)(=O)c1ccc(Cl)c(S(N)(=O)=O)c1)C2. The third kappa shape index (κ3) is 5.21. The fourth-order valence-corrected chi connectivity index (χ4v) is 7.08. The number of nitrogens with zero attached hydrogens (tertiary/aromatic N) is 2. The Hall–Kier alpha value is -1.69. The highest BCUT2D eigenvalue weighted by molar-refractivity contribution is 7.90. The molecule has 1 heterocycles. The van der Waals surface area contributed by atoms with Gasteiger partial charge in [0.1, 0.15) is 4.90 Å². The van der Waals surface area contributed by atoms with Crippen molar-refractivity contribution in [3.8, 4) is 0 Å². The number of fused-ring (bicyclic) bond motifs is 1. The number of likely N-dealkylation sites (N-methyl/N-ethyl adjacent to an activating group) is 1. The van der Waals surface area contributed by atoms with E-state index in [4.69, 9.17) is 16.7 Å². The number of benzene rings is 2. The minimum atomic E-state index is -4.15. The zero-order chi connectivity index (χ0) is 24.0. The molecule has 0 aromatic heterocycles. The van der Waals surface area contributed by atoms with Gasteiger partial charge in [0.25, 0.3) is 0 Å². The maximum absolute atomic E-state index is 13.1. The van der Waals surface area contributed by atoms with E-state index in [0.717, 1.165) is 38.7 Å². The monoisotopic (exact) mass is 512 g/mol. The normalized spacial score (nSPS) is 20.0. The van der Waals surface area contributed by atoms with Crippen LogP contribution in [-0.2, 0) is 32.9 Å². The summed E-state index contributed by atoms with van der Waals surface area (Å²) in [4.78, 5) is 4.10. The van der Waals surface area contributed by atoms with Gasteiger partial charge in [-0.3, -0.25) is 0 Å². The molecular formula is C22H29ClN4O4S2. The van der Waals surface area contributed by atoms with Crippen LogP contribution in [-0.4, -0.2) is 61.0 Å². The quantitative estimate of drug-likeness (QED) is 0.632. The van der Waals surface area contributed by atoms with Gasteiger partial charge in [0, 0.05) is 37.9 Å². The van der Waals surface area contributed by atoms with E-state index < -0.39 is 24.9 Å². The molecule has 11 heteroatoms. The van der Waals surface area contributed by atoms with Gasteiger partial charge >= 0.3 is 0 Å². The molecule has 0 spiro atoms. The van der Waals surface area contributed by atoms with E-state index in [2.05, 4.69) is 40.6 Å². The summed E-state index contributed by atoms with van der Waals surface area (Å²) in [6.45, 7) is 5.94. The Kier molecular flexibility index (Phi) is 6.78. The molecule has 1 atom stereocenters. The molecule has 3 N–H and O–H groups in total. The van der Waals surface area contributed by atoms with E-state index >= 15 is 0 Å². The van der Waals surface area contributed by atoms with Crippen molar-refractivity contribution in [2.24, 2.45) is 5.14 Å². The first-order valence-corrected chi connectivity index (χ1v) is 14.3. The second kappa shape index (κ2) is 9.16. The molecular weight excluding hydrogens is 484 g/mol. The summed E-state index contributed by atoms with van der Waals surface area (Å²) in [6, 6.07) is 7.53. The molecule has 1 saturated heterocycles. The number of hydrogen-bond donors (Lipinski definition) is 2. The van der Waals surface area contributed by atoms with Gasteiger partial charge in [-0.2, -0.15) is 0 Å². The van der Waals surface area contributed by atoms with Crippen molar-refractivity contribution < 1.29 is 16.8 Å². The van der Waals surface area contributed by atoms with E-state index in [9.17, 15) is 16.8 Å². The fraction of sp³-hybridized carbons (Fsp3) is 0.455. The fourth-order valence-electron chi connectivity index (χ4n) is 4.64. The van der Waals surface area contributed by atoms with Crippen molar-refractivity contribution in [2.75, 3.05) is 38.1 Å². The number of hydrogen-bond acceptors (Lipinski definition) is 6. The molecule has 0 unspecified atom stereocenters. The van der Waals surface area contributed by atoms with Gasteiger partial charge in [-0.25, -0.2) is 26.7 Å². The van der Waals surface area contributed by atoms with Gasteiger partial charge in [0.15, 0.2) is 0 Å². The van der Waals surface area contributed by atoms with Gasteiger partial charge in [-0.1, -0.05) is 17.7 Å². The summed E-state index contributed by atoms with van der Waals surface area (Å²) in [6.07, 6.45) is 2.02. The number of anilines is 1. The Labute approximate surface area is 200 Å². The second-order valence-electron chi connectivity index (χ2n) is 8.85. The van der Waals surface area contributed by atoms with Crippen molar-refractivity contribution >= 4 is 37.3 Å². The van der Waals surface area contributed by atoms with Crippen LogP contribution in [0, 0.1) is 6.92 Å². The Balaban J connectivity index is 1.60. The largest absolute Gasteiger partial charge is 0.369 e. The molecule has 1 fully saturated rings. The Bertz CT molecular complexity index is 1270. The maximum atomic E-state index is 13.1.